The smallest absolute Gasteiger partial charge is 0.311 e. The van der Waals surface area contributed by atoms with Gasteiger partial charge >= 0.3 is 6.03 Å². The second-order valence-corrected chi connectivity index (χ2v) is 11.5. The van der Waals surface area contributed by atoms with Crippen LogP contribution in [0.4, 0.5) is 21.9 Å². The highest BCUT2D eigenvalue weighted by atomic mass is 32.2. The Morgan fingerprint density at radius 2 is 1.76 bits per heavy atom. The van der Waals surface area contributed by atoms with Crippen LogP contribution in [0, 0.1) is 0 Å². The van der Waals surface area contributed by atoms with Crippen molar-refractivity contribution < 1.29 is 9.59 Å². The van der Waals surface area contributed by atoms with Gasteiger partial charge in [0.2, 0.25) is 5.91 Å². The molecule has 6 rings (SSSR count). The number of amides is 3. The van der Waals surface area contributed by atoms with Crippen molar-refractivity contribution in [3.05, 3.63) is 103 Å². The van der Waals surface area contributed by atoms with Crippen LogP contribution in [-0.2, 0) is 11.2 Å². The lowest BCUT2D eigenvalue weighted by molar-refractivity contribution is -0.116. The fourth-order valence-corrected chi connectivity index (χ4v) is 7.18. The highest BCUT2D eigenvalue weighted by Gasteiger charge is 2.36. The standard InChI is InChI=1S/C30H27N3O2S2/c34-29(32-18-8-10-21-9-1-2-13-24(21)32)20-36-23-12-7-11-22(19-23)31-30(35)33-25-14-3-5-16-27(25)37-28-17-6-4-15-26(28)33/h1-7,9,11-17,19,25,27H,8,10,18,20H2,(H,31,35). The van der Waals surface area contributed by atoms with Gasteiger partial charge in [0.25, 0.3) is 0 Å². The minimum atomic E-state index is -0.161. The molecule has 1 N–H and O–H groups in total. The Hall–Kier alpha value is -3.42. The number of fused-ring (bicyclic) bond motifs is 3. The first kappa shape index (κ1) is 23.9. The minimum absolute atomic E-state index is 0.0486. The van der Waals surface area contributed by atoms with Gasteiger partial charge in [-0.2, -0.15) is 0 Å². The second kappa shape index (κ2) is 10.5. The number of urea groups is 1. The molecule has 3 amide bonds. The van der Waals surface area contributed by atoms with E-state index in [1.165, 1.54) is 17.3 Å². The van der Waals surface area contributed by atoms with E-state index >= 15 is 0 Å². The average molecular weight is 526 g/mol. The molecule has 2 heterocycles. The summed E-state index contributed by atoms with van der Waals surface area (Å²) in [6, 6.07) is 23.7. The molecule has 2 atom stereocenters. The molecule has 186 valence electrons. The summed E-state index contributed by atoms with van der Waals surface area (Å²) in [7, 11) is 0. The summed E-state index contributed by atoms with van der Waals surface area (Å²) in [5.74, 6) is 0.459. The van der Waals surface area contributed by atoms with Gasteiger partial charge in [-0.3, -0.25) is 9.69 Å². The normalized spacial score (nSPS) is 19.6. The van der Waals surface area contributed by atoms with Gasteiger partial charge in [0.15, 0.2) is 0 Å². The summed E-state index contributed by atoms with van der Waals surface area (Å²) >= 11 is 3.29. The minimum Gasteiger partial charge on any atom is -0.311 e. The summed E-state index contributed by atoms with van der Waals surface area (Å²) in [5.41, 5.74) is 3.91. The van der Waals surface area contributed by atoms with E-state index in [4.69, 9.17) is 0 Å². The van der Waals surface area contributed by atoms with Crippen molar-refractivity contribution in [1.82, 2.24) is 0 Å². The Morgan fingerprint density at radius 1 is 0.946 bits per heavy atom. The van der Waals surface area contributed by atoms with Crippen LogP contribution in [-0.4, -0.2) is 35.5 Å². The predicted molar refractivity (Wildman–Crippen MR) is 154 cm³/mol. The van der Waals surface area contributed by atoms with Gasteiger partial charge in [-0.25, -0.2) is 4.79 Å². The lowest BCUT2D eigenvalue weighted by Crippen LogP contribution is -2.49. The summed E-state index contributed by atoms with van der Waals surface area (Å²) in [6.45, 7) is 0.758. The third-order valence-corrected chi connectivity index (χ3v) is 9.11. The first-order valence-corrected chi connectivity index (χ1v) is 14.4. The van der Waals surface area contributed by atoms with E-state index < -0.39 is 0 Å². The van der Waals surface area contributed by atoms with Crippen LogP contribution in [0.5, 0.6) is 0 Å². The van der Waals surface area contributed by atoms with Crippen molar-refractivity contribution in [1.29, 1.82) is 0 Å². The summed E-state index contributed by atoms with van der Waals surface area (Å²) in [4.78, 5) is 32.4. The van der Waals surface area contributed by atoms with Gasteiger partial charge < -0.3 is 10.2 Å². The molecule has 2 aliphatic heterocycles. The zero-order valence-corrected chi connectivity index (χ0v) is 21.9. The van der Waals surface area contributed by atoms with Crippen LogP contribution in [0.1, 0.15) is 12.0 Å². The van der Waals surface area contributed by atoms with E-state index in [0.717, 1.165) is 40.6 Å². The molecular formula is C30H27N3O2S2. The van der Waals surface area contributed by atoms with E-state index in [9.17, 15) is 9.59 Å². The van der Waals surface area contributed by atoms with Crippen molar-refractivity contribution in [3.63, 3.8) is 0 Å². The fourth-order valence-electron chi connectivity index (χ4n) is 5.09. The lowest BCUT2D eigenvalue weighted by Gasteiger charge is -2.40. The molecule has 0 spiro atoms. The lowest BCUT2D eigenvalue weighted by atomic mass is 10.0. The number of hydrogen-bond acceptors (Lipinski definition) is 4. The van der Waals surface area contributed by atoms with Crippen molar-refractivity contribution in [3.8, 4) is 0 Å². The van der Waals surface area contributed by atoms with Crippen LogP contribution >= 0.6 is 23.5 Å². The highest BCUT2D eigenvalue weighted by Crippen LogP contribution is 2.43. The van der Waals surface area contributed by atoms with Crippen LogP contribution in [0.3, 0.4) is 0 Å². The number of allylic oxidation sites excluding steroid dienone is 2. The molecule has 0 fully saturated rings. The molecule has 37 heavy (non-hydrogen) atoms. The number of para-hydroxylation sites is 2. The fraction of sp³-hybridized carbons (Fsp3) is 0.200. The van der Waals surface area contributed by atoms with E-state index in [1.807, 2.05) is 82.6 Å². The summed E-state index contributed by atoms with van der Waals surface area (Å²) < 4.78 is 0. The maximum absolute atomic E-state index is 13.6. The zero-order chi connectivity index (χ0) is 25.2. The molecule has 3 aromatic rings. The average Bonchev–Trinajstić information content (AvgIpc) is 2.94. The topological polar surface area (TPSA) is 52.7 Å². The number of carbonyl (C=O) groups excluding carboxylic acids is 2. The number of rotatable bonds is 4. The first-order valence-electron chi connectivity index (χ1n) is 12.5. The summed E-state index contributed by atoms with van der Waals surface area (Å²) in [6.07, 6.45) is 10.3. The Labute approximate surface area is 225 Å². The molecular weight excluding hydrogens is 498 g/mol. The quantitative estimate of drug-likeness (QED) is 0.382. The molecule has 2 unspecified atom stereocenters. The number of benzene rings is 3. The van der Waals surface area contributed by atoms with E-state index in [0.29, 0.717) is 11.4 Å². The predicted octanol–water partition coefficient (Wildman–Crippen LogP) is 6.77. The van der Waals surface area contributed by atoms with Crippen LogP contribution in [0.25, 0.3) is 0 Å². The van der Waals surface area contributed by atoms with Crippen LogP contribution < -0.4 is 15.1 Å². The third kappa shape index (κ3) is 4.93. The van der Waals surface area contributed by atoms with Crippen LogP contribution in [0.2, 0.25) is 0 Å². The maximum atomic E-state index is 13.6. The van der Waals surface area contributed by atoms with Gasteiger partial charge in [0.05, 0.1) is 22.7 Å². The number of nitrogens with one attached hydrogen (secondary N) is 1. The Morgan fingerprint density at radius 3 is 2.68 bits per heavy atom. The number of hydrogen-bond donors (Lipinski definition) is 1. The Bertz CT molecular complexity index is 1400. The van der Waals surface area contributed by atoms with Crippen molar-refractivity contribution >= 4 is 52.5 Å². The van der Waals surface area contributed by atoms with E-state index in [2.05, 4.69) is 29.6 Å². The third-order valence-electron chi connectivity index (χ3n) is 6.82. The largest absolute Gasteiger partial charge is 0.326 e. The van der Waals surface area contributed by atoms with Gasteiger partial charge in [0.1, 0.15) is 0 Å². The first-order chi connectivity index (χ1) is 18.2. The van der Waals surface area contributed by atoms with Crippen LogP contribution in [0.15, 0.2) is 107 Å². The zero-order valence-electron chi connectivity index (χ0n) is 20.2. The molecule has 0 bridgehead atoms. The molecule has 7 heteroatoms. The monoisotopic (exact) mass is 525 g/mol. The number of anilines is 3. The van der Waals surface area contributed by atoms with Gasteiger partial charge in [-0.15, -0.1) is 23.5 Å². The highest BCUT2D eigenvalue weighted by molar-refractivity contribution is 8.00. The Balaban J connectivity index is 1.15. The molecule has 0 aromatic heterocycles. The molecule has 3 aliphatic rings. The molecule has 0 radical (unpaired) electrons. The molecule has 1 aliphatic carbocycles. The van der Waals surface area contributed by atoms with E-state index in [-0.39, 0.29) is 23.2 Å². The van der Waals surface area contributed by atoms with Gasteiger partial charge in [0, 0.05) is 27.7 Å². The number of aryl methyl sites for hydroxylation is 1. The van der Waals surface area contributed by atoms with Crippen molar-refractivity contribution in [2.45, 2.75) is 33.9 Å². The SMILES string of the molecule is O=C(CSc1cccc(NC(=O)N2c3ccccc3SC3C=CC=CC32)c1)N1CCCc2ccccc21. The van der Waals surface area contributed by atoms with E-state index in [1.54, 1.807) is 11.8 Å². The number of carbonyl (C=O) groups is 2. The molecule has 5 nitrogen and oxygen atoms in total. The van der Waals surface area contributed by atoms with Crippen molar-refractivity contribution in [2.75, 3.05) is 27.4 Å². The number of nitrogens with zero attached hydrogens (tertiary/aromatic N) is 2. The molecule has 0 saturated carbocycles. The summed E-state index contributed by atoms with van der Waals surface area (Å²) in [5, 5.41) is 3.28. The maximum Gasteiger partial charge on any atom is 0.326 e. The molecule has 3 aromatic carbocycles. The number of thioether (sulfide) groups is 2. The Kier molecular flexibility index (Phi) is 6.81. The molecule has 0 saturated heterocycles. The van der Waals surface area contributed by atoms with Crippen molar-refractivity contribution in [2.24, 2.45) is 0 Å². The van der Waals surface area contributed by atoms with Gasteiger partial charge in [-0.1, -0.05) is 60.7 Å². The second-order valence-electron chi connectivity index (χ2n) is 9.20. The van der Waals surface area contributed by atoms with Gasteiger partial charge in [-0.05, 0) is 54.8 Å².